The van der Waals surface area contributed by atoms with Crippen molar-refractivity contribution in [1.29, 1.82) is 0 Å². The molecule has 3 aromatic carbocycles. The molecular formula is C24H23NO3S. The van der Waals surface area contributed by atoms with Gasteiger partial charge in [-0.1, -0.05) is 72.8 Å². The van der Waals surface area contributed by atoms with Crippen LogP contribution in [0.3, 0.4) is 0 Å². The molecule has 29 heavy (non-hydrogen) atoms. The van der Waals surface area contributed by atoms with Gasteiger partial charge in [0.25, 0.3) is 10.1 Å². The molecule has 1 aliphatic heterocycles. The van der Waals surface area contributed by atoms with Gasteiger partial charge in [0.1, 0.15) is 4.90 Å². The van der Waals surface area contributed by atoms with Crippen molar-refractivity contribution < 1.29 is 13.0 Å². The van der Waals surface area contributed by atoms with Gasteiger partial charge in [-0.05, 0) is 47.2 Å². The fraction of sp³-hybridized carbons (Fsp3) is 0.167. The van der Waals surface area contributed by atoms with Crippen LogP contribution in [-0.2, 0) is 10.1 Å². The van der Waals surface area contributed by atoms with Crippen LogP contribution < -0.4 is 4.90 Å². The van der Waals surface area contributed by atoms with E-state index in [0.717, 1.165) is 48.3 Å². The van der Waals surface area contributed by atoms with E-state index in [1.54, 1.807) is 18.2 Å². The van der Waals surface area contributed by atoms with Gasteiger partial charge in [-0.3, -0.25) is 4.55 Å². The predicted molar refractivity (Wildman–Crippen MR) is 119 cm³/mol. The Hall–Kier alpha value is -2.89. The molecule has 0 bridgehead atoms. The lowest BCUT2D eigenvalue weighted by atomic mass is 10.0. The SMILES string of the molecule is O=S(=O)(O)c1cc(N2CCCC2)ccc1C=Cc1ccc(-c2ccccc2)cc1. The van der Waals surface area contributed by atoms with Gasteiger partial charge in [0.05, 0.1) is 0 Å². The Morgan fingerprint density at radius 1 is 0.793 bits per heavy atom. The van der Waals surface area contributed by atoms with Crippen molar-refractivity contribution in [1.82, 2.24) is 0 Å². The Morgan fingerprint density at radius 3 is 2.10 bits per heavy atom. The molecule has 148 valence electrons. The molecule has 0 saturated carbocycles. The smallest absolute Gasteiger partial charge is 0.295 e. The molecule has 0 atom stereocenters. The summed E-state index contributed by atoms with van der Waals surface area (Å²) in [5.41, 5.74) is 4.53. The van der Waals surface area contributed by atoms with Crippen LogP contribution in [0.25, 0.3) is 23.3 Å². The molecule has 4 rings (SSSR count). The molecule has 0 aromatic heterocycles. The quantitative estimate of drug-likeness (QED) is 0.458. The summed E-state index contributed by atoms with van der Waals surface area (Å²) in [6, 6.07) is 23.4. The average Bonchev–Trinajstić information content (AvgIpc) is 3.27. The predicted octanol–water partition coefficient (Wildman–Crippen LogP) is 5.37. The molecule has 3 aromatic rings. The lowest BCUT2D eigenvalue weighted by Gasteiger charge is -2.18. The molecule has 5 heteroatoms. The van der Waals surface area contributed by atoms with Crippen LogP contribution in [-0.4, -0.2) is 26.1 Å². The standard InChI is InChI=1S/C24H23NO3S/c26-29(27,28)24-18-23(25-16-4-5-17-25)15-14-22(24)13-10-19-8-11-21(12-9-19)20-6-2-1-3-7-20/h1-3,6-15,18H,4-5,16-17H2,(H,26,27,28). The first-order valence-electron chi connectivity index (χ1n) is 9.71. The van der Waals surface area contributed by atoms with E-state index in [9.17, 15) is 13.0 Å². The van der Waals surface area contributed by atoms with E-state index >= 15 is 0 Å². The second kappa shape index (κ2) is 8.23. The number of hydrogen-bond donors (Lipinski definition) is 1. The highest BCUT2D eigenvalue weighted by Gasteiger charge is 2.18. The highest BCUT2D eigenvalue weighted by atomic mass is 32.2. The van der Waals surface area contributed by atoms with Gasteiger partial charge in [-0.2, -0.15) is 8.42 Å². The van der Waals surface area contributed by atoms with Gasteiger partial charge >= 0.3 is 0 Å². The highest BCUT2D eigenvalue weighted by molar-refractivity contribution is 7.86. The molecule has 0 unspecified atom stereocenters. The van der Waals surface area contributed by atoms with Gasteiger partial charge in [-0.25, -0.2) is 0 Å². The highest BCUT2D eigenvalue weighted by Crippen LogP contribution is 2.27. The Labute approximate surface area is 171 Å². The Bertz CT molecular complexity index is 1110. The van der Waals surface area contributed by atoms with E-state index in [1.807, 2.05) is 54.6 Å². The van der Waals surface area contributed by atoms with Crippen molar-refractivity contribution in [2.75, 3.05) is 18.0 Å². The molecule has 1 heterocycles. The summed E-state index contributed by atoms with van der Waals surface area (Å²) in [6.45, 7) is 1.82. The first-order valence-corrected chi connectivity index (χ1v) is 11.1. The van der Waals surface area contributed by atoms with Crippen LogP contribution in [0.15, 0.2) is 77.7 Å². The molecule has 1 aliphatic rings. The molecule has 0 radical (unpaired) electrons. The van der Waals surface area contributed by atoms with Gasteiger partial charge in [0.15, 0.2) is 0 Å². The van der Waals surface area contributed by atoms with Crippen LogP contribution in [0.2, 0.25) is 0 Å². The fourth-order valence-corrected chi connectivity index (χ4v) is 4.36. The van der Waals surface area contributed by atoms with Gasteiger partial charge in [0, 0.05) is 18.8 Å². The molecule has 0 spiro atoms. The van der Waals surface area contributed by atoms with Crippen molar-refractivity contribution in [2.45, 2.75) is 17.7 Å². The van der Waals surface area contributed by atoms with Crippen molar-refractivity contribution >= 4 is 28.0 Å². The number of rotatable bonds is 5. The van der Waals surface area contributed by atoms with Gasteiger partial charge < -0.3 is 4.90 Å². The van der Waals surface area contributed by atoms with Crippen molar-refractivity contribution in [3.63, 3.8) is 0 Å². The van der Waals surface area contributed by atoms with Gasteiger partial charge in [-0.15, -0.1) is 0 Å². The Kier molecular flexibility index (Phi) is 5.51. The second-order valence-corrected chi connectivity index (χ2v) is 8.60. The van der Waals surface area contributed by atoms with Crippen molar-refractivity contribution in [2.24, 2.45) is 0 Å². The first-order chi connectivity index (χ1) is 14.0. The zero-order valence-corrected chi connectivity index (χ0v) is 16.8. The summed E-state index contributed by atoms with van der Waals surface area (Å²) in [7, 11) is -4.31. The first kappa shape index (κ1) is 19.4. The molecule has 1 N–H and O–H groups in total. The van der Waals surface area contributed by atoms with E-state index in [1.165, 1.54) is 0 Å². The zero-order chi connectivity index (χ0) is 20.3. The van der Waals surface area contributed by atoms with Crippen LogP contribution in [0.5, 0.6) is 0 Å². The molecule has 1 saturated heterocycles. The van der Waals surface area contributed by atoms with E-state index in [0.29, 0.717) is 5.56 Å². The molecule has 0 amide bonds. The topological polar surface area (TPSA) is 57.6 Å². The maximum absolute atomic E-state index is 11.9. The summed E-state index contributed by atoms with van der Waals surface area (Å²) >= 11 is 0. The summed E-state index contributed by atoms with van der Waals surface area (Å²) in [5.74, 6) is 0. The van der Waals surface area contributed by atoms with Crippen molar-refractivity contribution in [3.8, 4) is 11.1 Å². The normalized spacial score (nSPS) is 14.6. The Morgan fingerprint density at radius 2 is 1.45 bits per heavy atom. The van der Waals surface area contributed by atoms with Gasteiger partial charge in [0.2, 0.25) is 0 Å². The lowest BCUT2D eigenvalue weighted by molar-refractivity contribution is 0.483. The van der Waals surface area contributed by atoms with Crippen LogP contribution in [0, 0.1) is 0 Å². The largest absolute Gasteiger partial charge is 0.371 e. The minimum absolute atomic E-state index is 0.0564. The third-order valence-electron chi connectivity index (χ3n) is 5.22. The number of anilines is 1. The number of nitrogens with zero attached hydrogens (tertiary/aromatic N) is 1. The van der Waals surface area contributed by atoms with E-state index in [4.69, 9.17) is 0 Å². The minimum atomic E-state index is -4.31. The summed E-state index contributed by atoms with van der Waals surface area (Å²) in [4.78, 5) is 2.09. The van der Waals surface area contributed by atoms with Crippen LogP contribution in [0.1, 0.15) is 24.0 Å². The monoisotopic (exact) mass is 405 g/mol. The number of hydrogen-bond acceptors (Lipinski definition) is 3. The maximum atomic E-state index is 11.9. The number of benzene rings is 3. The van der Waals surface area contributed by atoms with E-state index in [2.05, 4.69) is 17.0 Å². The second-order valence-electron chi connectivity index (χ2n) is 7.21. The summed E-state index contributed by atoms with van der Waals surface area (Å²) < 4.78 is 33.6. The average molecular weight is 406 g/mol. The third kappa shape index (κ3) is 4.58. The fourth-order valence-electron chi connectivity index (χ4n) is 3.66. The summed E-state index contributed by atoms with van der Waals surface area (Å²) in [6.07, 6.45) is 5.78. The molecule has 1 fully saturated rings. The molecule has 0 aliphatic carbocycles. The molecule has 4 nitrogen and oxygen atoms in total. The zero-order valence-electron chi connectivity index (χ0n) is 16.0. The third-order valence-corrected chi connectivity index (χ3v) is 6.13. The van der Waals surface area contributed by atoms with Crippen LogP contribution in [0.4, 0.5) is 5.69 Å². The van der Waals surface area contributed by atoms with Crippen LogP contribution >= 0.6 is 0 Å². The Balaban J connectivity index is 1.60. The maximum Gasteiger partial charge on any atom is 0.295 e. The van der Waals surface area contributed by atoms with Crippen molar-refractivity contribution in [3.05, 3.63) is 83.9 Å². The molecular weight excluding hydrogens is 382 g/mol. The minimum Gasteiger partial charge on any atom is -0.371 e. The lowest BCUT2D eigenvalue weighted by Crippen LogP contribution is -2.18. The van der Waals surface area contributed by atoms with E-state index in [-0.39, 0.29) is 4.90 Å². The summed E-state index contributed by atoms with van der Waals surface area (Å²) in [5, 5.41) is 0. The van der Waals surface area contributed by atoms with E-state index < -0.39 is 10.1 Å².